The number of rotatable bonds is 4. The zero-order valence-corrected chi connectivity index (χ0v) is 7.01. The molecule has 0 radical (unpaired) electrons. The number of nitrogens with zero attached hydrogens (tertiary/aromatic N) is 1. The monoisotopic (exact) mass is 133 g/mol. The van der Waals surface area contributed by atoms with Crippen LogP contribution >= 0.6 is 9.39 Å². The Labute approximate surface area is 54.7 Å². The van der Waals surface area contributed by atoms with E-state index in [1.165, 1.54) is 25.9 Å². The van der Waals surface area contributed by atoms with Crippen molar-refractivity contribution in [2.24, 2.45) is 0 Å². The van der Waals surface area contributed by atoms with Crippen LogP contribution < -0.4 is 0 Å². The number of hydrogen-bond acceptors (Lipinski definition) is 1. The lowest BCUT2D eigenvalue weighted by Gasteiger charge is -2.12. The predicted molar refractivity (Wildman–Crippen MR) is 41.9 cm³/mol. The lowest BCUT2D eigenvalue weighted by molar-refractivity contribution is 0.466. The van der Waals surface area contributed by atoms with Crippen LogP contribution in [-0.4, -0.2) is 17.8 Å². The Morgan fingerprint density at radius 3 is 1.75 bits per heavy atom. The van der Waals surface area contributed by atoms with Gasteiger partial charge in [-0.05, 0) is 12.8 Å². The van der Waals surface area contributed by atoms with Gasteiger partial charge < -0.3 is 0 Å². The molecule has 1 atom stereocenters. The van der Waals surface area contributed by atoms with Gasteiger partial charge in [0.15, 0.2) is 0 Å². The first-order chi connectivity index (χ1) is 3.81. The Morgan fingerprint density at radius 2 is 1.50 bits per heavy atom. The molecule has 0 amide bonds. The van der Waals surface area contributed by atoms with E-state index in [1.807, 2.05) is 0 Å². The highest BCUT2D eigenvalue weighted by Gasteiger charge is 1.90. The molecule has 0 aromatic rings. The fraction of sp³-hybridized carbons (Fsp3) is 1.00. The van der Waals surface area contributed by atoms with Crippen LogP contribution in [0.2, 0.25) is 0 Å². The van der Waals surface area contributed by atoms with Crippen LogP contribution in [0.1, 0.15) is 26.7 Å². The summed E-state index contributed by atoms with van der Waals surface area (Å²) in [6.45, 7) is 6.82. The zero-order valence-electron chi connectivity index (χ0n) is 5.85. The molecule has 0 saturated carbocycles. The van der Waals surface area contributed by atoms with E-state index in [0.29, 0.717) is 0 Å². The van der Waals surface area contributed by atoms with Crippen molar-refractivity contribution in [3.63, 3.8) is 0 Å². The van der Waals surface area contributed by atoms with E-state index in [9.17, 15) is 0 Å². The summed E-state index contributed by atoms with van der Waals surface area (Å²) in [5.41, 5.74) is 0. The molecule has 1 nitrogen and oxygen atoms in total. The summed E-state index contributed by atoms with van der Waals surface area (Å²) in [7, 11) is 2.73. The zero-order chi connectivity index (χ0) is 6.41. The van der Waals surface area contributed by atoms with Crippen molar-refractivity contribution in [3.8, 4) is 0 Å². The first-order valence-electron chi connectivity index (χ1n) is 3.30. The molecule has 0 saturated heterocycles. The Kier molecular flexibility index (Phi) is 5.79. The van der Waals surface area contributed by atoms with Gasteiger partial charge in [0.05, 0.1) is 0 Å². The first kappa shape index (κ1) is 8.39. The molecule has 0 aromatic heterocycles. The largest absolute Gasteiger partial charge is 0.287 e. The second-order valence-electron chi connectivity index (χ2n) is 2.04. The van der Waals surface area contributed by atoms with Crippen molar-refractivity contribution in [2.45, 2.75) is 26.7 Å². The minimum Gasteiger partial charge on any atom is -0.287 e. The third-order valence-corrected chi connectivity index (χ3v) is 1.54. The normalized spacial score (nSPS) is 10.5. The molecule has 2 heteroatoms. The van der Waals surface area contributed by atoms with E-state index in [1.54, 1.807) is 0 Å². The van der Waals surface area contributed by atoms with Gasteiger partial charge in [0, 0.05) is 13.1 Å². The van der Waals surface area contributed by atoms with Gasteiger partial charge in [0.1, 0.15) is 0 Å². The van der Waals surface area contributed by atoms with Crippen LogP contribution in [0, 0.1) is 0 Å². The van der Waals surface area contributed by atoms with Gasteiger partial charge in [-0.2, -0.15) is 0 Å². The summed E-state index contributed by atoms with van der Waals surface area (Å²) >= 11 is 0. The molecule has 0 aliphatic carbocycles. The fourth-order valence-electron chi connectivity index (χ4n) is 0.686. The molecule has 0 aliphatic heterocycles. The van der Waals surface area contributed by atoms with E-state index in [-0.39, 0.29) is 0 Å². The number of hydrogen-bond donors (Lipinski definition) is 0. The van der Waals surface area contributed by atoms with Crippen LogP contribution in [0.4, 0.5) is 0 Å². The average Bonchev–Trinajstić information content (AvgIpc) is 1.68. The van der Waals surface area contributed by atoms with E-state index in [2.05, 4.69) is 27.9 Å². The molecule has 0 heterocycles. The topological polar surface area (TPSA) is 3.24 Å². The second kappa shape index (κ2) is 5.53. The summed E-state index contributed by atoms with van der Waals surface area (Å²) in [5.74, 6) is 0. The first-order valence-corrected chi connectivity index (χ1v) is 3.82. The molecular weight excluding hydrogens is 117 g/mol. The van der Waals surface area contributed by atoms with Gasteiger partial charge >= 0.3 is 0 Å². The van der Waals surface area contributed by atoms with Crippen LogP contribution in [0.3, 0.4) is 0 Å². The third kappa shape index (κ3) is 4.55. The molecule has 50 valence electrons. The van der Waals surface area contributed by atoms with Crippen molar-refractivity contribution in [1.29, 1.82) is 0 Å². The van der Waals surface area contributed by atoms with Crippen molar-refractivity contribution in [3.05, 3.63) is 0 Å². The highest BCUT2D eigenvalue weighted by Crippen LogP contribution is 1.99. The van der Waals surface area contributed by atoms with E-state index in [0.717, 1.165) is 0 Å². The highest BCUT2D eigenvalue weighted by molar-refractivity contribution is 7.13. The smallest absolute Gasteiger partial charge is 0.00135 e. The van der Waals surface area contributed by atoms with Crippen molar-refractivity contribution >= 4 is 9.39 Å². The molecule has 0 aliphatic rings. The molecule has 0 rings (SSSR count). The second-order valence-corrected chi connectivity index (χ2v) is 2.77. The Balaban J connectivity index is 2.92. The summed E-state index contributed by atoms with van der Waals surface area (Å²) in [6, 6.07) is 0. The SMILES string of the molecule is CCCN(P)CCC. The molecule has 1 unspecified atom stereocenters. The van der Waals surface area contributed by atoms with Gasteiger partial charge in [0.25, 0.3) is 0 Å². The van der Waals surface area contributed by atoms with Gasteiger partial charge in [-0.1, -0.05) is 23.2 Å². The fourth-order valence-corrected chi connectivity index (χ4v) is 1.20. The summed E-state index contributed by atoms with van der Waals surface area (Å²) in [4.78, 5) is 0. The lowest BCUT2D eigenvalue weighted by atomic mass is 10.4. The maximum atomic E-state index is 2.73. The van der Waals surface area contributed by atoms with Gasteiger partial charge in [-0.3, -0.25) is 4.67 Å². The molecule has 0 aromatic carbocycles. The maximum absolute atomic E-state index is 2.73. The summed E-state index contributed by atoms with van der Waals surface area (Å²) < 4.78 is 2.28. The van der Waals surface area contributed by atoms with Crippen LogP contribution in [0.5, 0.6) is 0 Å². The minimum atomic E-state index is 1.21. The quantitative estimate of drug-likeness (QED) is 0.529. The molecule has 0 fully saturated rings. The van der Waals surface area contributed by atoms with Crippen molar-refractivity contribution in [1.82, 2.24) is 4.67 Å². The maximum Gasteiger partial charge on any atom is 0.00135 e. The van der Waals surface area contributed by atoms with Gasteiger partial charge in [-0.25, -0.2) is 0 Å². The summed E-state index contributed by atoms with van der Waals surface area (Å²) in [5, 5.41) is 0. The summed E-state index contributed by atoms with van der Waals surface area (Å²) in [6.07, 6.45) is 2.51. The third-order valence-electron chi connectivity index (χ3n) is 1.02. The van der Waals surface area contributed by atoms with Crippen LogP contribution in [0.15, 0.2) is 0 Å². The van der Waals surface area contributed by atoms with E-state index >= 15 is 0 Å². The van der Waals surface area contributed by atoms with E-state index in [4.69, 9.17) is 0 Å². The Morgan fingerprint density at radius 1 is 1.12 bits per heavy atom. The lowest BCUT2D eigenvalue weighted by Crippen LogP contribution is -2.12. The Bertz CT molecular complexity index is 41.8. The molecular formula is C6H16NP. The molecule has 0 N–H and O–H groups in total. The molecule has 0 bridgehead atoms. The Hall–Kier alpha value is 0.390. The van der Waals surface area contributed by atoms with Gasteiger partial charge in [0.2, 0.25) is 0 Å². The average molecular weight is 133 g/mol. The van der Waals surface area contributed by atoms with Gasteiger partial charge in [-0.15, -0.1) is 0 Å². The van der Waals surface area contributed by atoms with Crippen LogP contribution in [-0.2, 0) is 0 Å². The molecule has 0 spiro atoms. The minimum absolute atomic E-state index is 1.21. The highest BCUT2D eigenvalue weighted by atomic mass is 31.0. The van der Waals surface area contributed by atoms with Crippen molar-refractivity contribution < 1.29 is 0 Å². The molecule has 8 heavy (non-hydrogen) atoms. The van der Waals surface area contributed by atoms with Crippen molar-refractivity contribution in [2.75, 3.05) is 13.1 Å². The predicted octanol–water partition coefficient (Wildman–Crippen LogP) is 1.90. The van der Waals surface area contributed by atoms with Crippen LogP contribution in [0.25, 0.3) is 0 Å². The standard InChI is InChI=1S/C6H16NP/c1-3-5-7(8)6-4-2/h3-6,8H2,1-2H3. The van der Waals surface area contributed by atoms with E-state index < -0.39 is 0 Å².